The average molecular weight is 578 g/mol. The molecule has 0 spiro atoms. The summed E-state index contributed by atoms with van der Waals surface area (Å²) in [7, 11) is 1.25. The lowest BCUT2D eigenvalue weighted by Gasteiger charge is -2.35. The fraction of sp³-hybridized carbons (Fsp3) is 0.120. The number of nitrogens with zero attached hydrogens (tertiary/aromatic N) is 2. The van der Waals surface area contributed by atoms with Gasteiger partial charge < -0.3 is 25.7 Å². The maximum atomic E-state index is 13.4. The summed E-state index contributed by atoms with van der Waals surface area (Å²) in [5, 5.41) is 22.1. The molecule has 2 heterocycles. The van der Waals surface area contributed by atoms with Crippen molar-refractivity contribution in [3.63, 3.8) is 0 Å². The molecule has 15 heteroatoms. The molecule has 1 atom stereocenters. The molecule has 5 rings (SSSR count). The number of carbonyl (C=O) groups excluding carboxylic acids is 2. The van der Waals surface area contributed by atoms with Crippen molar-refractivity contribution in [1.29, 1.82) is 0 Å². The summed E-state index contributed by atoms with van der Waals surface area (Å²) in [4.78, 5) is 42.4. The predicted octanol–water partition coefficient (Wildman–Crippen LogP) is 4.46. The Bertz CT molecular complexity index is 1620. The number of aliphatic carboxylic acids is 1. The van der Waals surface area contributed by atoms with E-state index < -0.39 is 29.9 Å². The van der Waals surface area contributed by atoms with Crippen molar-refractivity contribution in [3.05, 3.63) is 82.4 Å². The number of carboxylic acid groups (broad SMARTS) is 1. The minimum Gasteiger partial charge on any atom is -0.475 e. The van der Waals surface area contributed by atoms with Crippen LogP contribution >= 0.6 is 11.6 Å². The Morgan fingerprint density at radius 1 is 1.15 bits per heavy atom. The van der Waals surface area contributed by atoms with Crippen LogP contribution in [0.2, 0.25) is 5.02 Å². The highest BCUT2D eigenvalue weighted by atomic mass is 35.5. The minimum absolute atomic E-state index is 0.184. The molecular weight excluding hydrogens is 559 g/mol. The van der Waals surface area contributed by atoms with E-state index >= 15 is 0 Å². The van der Waals surface area contributed by atoms with Crippen LogP contribution in [0.1, 0.15) is 21.5 Å². The first-order valence-electron chi connectivity index (χ1n) is 11.1. The van der Waals surface area contributed by atoms with E-state index in [4.69, 9.17) is 27.2 Å². The van der Waals surface area contributed by atoms with Crippen LogP contribution in [0.25, 0.3) is 11.0 Å². The van der Waals surface area contributed by atoms with E-state index in [1.54, 1.807) is 60.7 Å². The predicted molar refractivity (Wildman–Crippen MR) is 138 cm³/mol. The number of hydrogen-bond acceptors (Lipinski definition) is 7. The van der Waals surface area contributed by atoms with Gasteiger partial charge in [0.1, 0.15) is 0 Å². The van der Waals surface area contributed by atoms with Gasteiger partial charge in [-0.15, -0.1) is 0 Å². The van der Waals surface area contributed by atoms with E-state index in [-0.39, 0.29) is 5.95 Å². The summed E-state index contributed by atoms with van der Waals surface area (Å²) in [6.45, 7) is 0. The van der Waals surface area contributed by atoms with Crippen molar-refractivity contribution in [2.45, 2.75) is 11.9 Å². The number of nitrogen functional groups attached to an aromatic ring is 1. The van der Waals surface area contributed by atoms with E-state index in [2.05, 4.69) is 20.0 Å². The summed E-state index contributed by atoms with van der Waals surface area (Å²) in [6, 6.07) is 16.6. The third kappa shape index (κ3) is 5.21. The zero-order valence-electron chi connectivity index (χ0n) is 20.3. The maximum Gasteiger partial charge on any atom is 0.490 e. The molecule has 3 aromatic carbocycles. The lowest BCUT2D eigenvalue weighted by molar-refractivity contribution is -0.192. The number of aliphatic hydroxyl groups is 1. The van der Waals surface area contributed by atoms with Gasteiger partial charge in [-0.2, -0.15) is 13.2 Å². The topological polar surface area (TPSA) is 171 Å². The molecule has 0 radical (unpaired) electrons. The Hall–Kier alpha value is -4.82. The van der Waals surface area contributed by atoms with Gasteiger partial charge in [0, 0.05) is 27.4 Å². The van der Waals surface area contributed by atoms with Crippen LogP contribution in [0.3, 0.4) is 0 Å². The second kappa shape index (κ2) is 10.4. The Morgan fingerprint density at radius 3 is 2.45 bits per heavy atom. The molecule has 0 fully saturated rings. The van der Waals surface area contributed by atoms with E-state index in [1.165, 1.54) is 12.0 Å². The number of imidazole rings is 1. The van der Waals surface area contributed by atoms with Crippen molar-refractivity contribution >= 4 is 57.9 Å². The number of fused-ring (bicyclic) bond motifs is 2. The number of halogens is 4. The average Bonchev–Trinajstić information content (AvgIpc) is 3.38. The van der Waals surface area contributed by atoms with E-state index in [1.807, 2.05) is 0 Å². The summed E-state index contributed by atoms with van der Waals surface area (Å²) < 4.78 is 36.3. The number of ether oxygens (including phenoxy) is 1. The molecule has 0 aliphatic carbocycles. The molecule has 0 bridgehead atoms. The molecule has 1 unspecified atom stereocenters. The van der Waals surface area contributed by atoms with Gasteiger partial charge in [0.15, 0.2) is 5.72 Å². The molecule has 40 heavy (non-hydrogen) atoms. The summed E-state index contributed by atoms with van der Waals surface area (Å²) in [6.07, 6.45) is -5.76. The molecule has 1 aliphatic heterocycles. The number of H-pyrrole nitrogens is 1. The van der Waals surface area contributed by atoms with Gasteiger partial charge in [-0.25, -0.2) is 14.6 Å². The van der Waals surface area contributed by atoms with Crippen molar-refractivity contribution < 1.29 is 42.5 Å². The number of carboxylic acids is 1. The second-order valence-electron chi connectivity index (χ2n) is 8.34. The summed E-state index contributed by atoms with van der Waals surface area (Å²) in [5.41, 5.74) is 7.09. The first-order chi connectivity index (χ1) is 18.7. The zero-order chi connectivity index (χ0) is 29.4. The van der Waals surface area contributed by atoms with Gasteiger partial charge in [0.25, 0.3) is 5.91 Å². The second-order valence-corrected chi connectivity index (χ2v) is 8.77. The number of methoxy groups -OCH3 is 1. The number of carbonyl (C=O) groups is 3. The highest BCUT2D eigenvalue weighted by molar-refractivity contribution is 6.31. The number of benzene rings is 3. The maximum absolute atomic E-state index is 13.4. The summed E-state index contributed by atoms with van der Waals surface area (Å²) >= 11 is 6.20. The molecule has 1 aliphatic rings. The van der Waals surface area contributed by atoms with E-state index in [9.17, 15) is 27.9 Å². The van der Waals surface area contributed by atoms with Gasteiger partial charge in [0.2, 0.25) is 5.95 Å². The van der Waals surface area contributed by atoms with Crippen LogP contribution in [0.4, 0.5) is 35.3 Å². The smallest absolute Gasteiger partial charge is 0.475 e. The number of hydrogen-bond donors (Lipinski definition) is 5. The lowest BCUT2D eigenvalue weighted by Crippen LogP contribution is -2.45. The van der Waals surface area contributed by atoms with Crippen LogP contribution < -0.4 is 16.0 Å². The fourth-order valence-electron chi connectivity index (χ4n) is 4.11. The fourth-order valence-corrected chi connectivity index (χ4v) is 4.35. The van der Waals surface area contributed by atoms with Gasteiger partial charge in [-0.3, -0.25) is 15.0 Å². The van der Waals surface area contributed by atoms with Crippen molar-refractivity contribution in [1.82, 2.24) is 9.97 Å². The van der Waals surface area contributed by atoms with E-state index in [0.29, 0.717) is 44.1 Å². The number of anilines is 3. The van der Waals surface area contributed by atoms with E-state index in [0.717, 1.165) is 0 Å². The molecule has 1 aromatic heterocycles. The van der Waals surface area contributed by atoms with Gasteiger partial charge >= 0.3 is 18.2 Å². The molecule has 0 saturated heterocycles. The quantitative estimate of drug-likeness (QED) is 0.222. The summed E-state index contributed by atoms with van der Waals surface area (Å²) in [5.74, 6) is -2.97. The largest absolute Gasteiger partial charge is 0.490 e. The molecule has 6 N–H and O–H groups in total. The number of aromatic nitrogens is 2. The van der Waals surface area contributed by atoms with Crippen LogP contribution in [0.5, 0.6) is 0 Å². The Morgan fingerprint density at radius 2 is 1.82 bits per heavy atom. The Labute approximate surface area is 227 Å². The number of alkyl halides is 3. The van der Waals surface area contributed by atoms with Gasteiger partial charge in [-0.1, -0.05) is 35.9 Å². The lowest BCUT2D eigenvalue weighted by atomic mass is 9.93. The highest BCUT2D eigenvalue weighted by Gasteiger charge is 2.51. The number of nitrogens with two attached hydrogens (primary N) is 1. The molecule has 208 valence electrons. The number of rotatable bonds is 3. The molecule has 2 amide bonds. The zero-order valence-corrected chi connectivity index (χ0v) is 21.0. The van der Waals surface area contributed by atoms with Gasteiger partial charge in [0.05, 0.1) is 23.8 Å². The van der Waals surface area contributed by atoms with Gasteiger partial charge in [-0.05, 0) is 36.4 Å². The minimum atomic E-state index is -5.08. The monoisotopic (exact) mass is 577 g/mol. The van der Waals surface area contributed by atoms with Crippen molar-refractivity contribution in [2.75, 3.05) is 23.1 Å². The molecule has 11 nitrogen and oxygen atoms in total. The normalized spacial score (nSPS) is 16.2. The number of amides is 2. The van der Waals surface area contributed by atoms with Crippen LogP contribution in [-0.4, -0.2) is 51.4 Å². The highest BCUT2D eigenvalue weighted by Crippen LogP contribution is 2.46. The molecule has 0 saturated carbocycles. The third-order valence-electron chi connectivity index (χ3n) is 5.76. The number of aromatic amines is 1. The Kier molecular flexibility index (Phi) is 7.32. The van der Waals surface area contributed by atoms with Crippen LogP contribution in [0, 0.1) is 0 Å². The molecular formula is C25H19ClF3N5O6. The number of nitrogens with one attached hydrogen (secondary N) is 2. The SMILES string of the molecule is COC(=O)Nc1nc2ccc(C3(O)c4ccccc4C(=O)N3c3cc(N)cc(Cl)c3)cc2[nH]1.O=C(O)C(F)(F)F. The third-order valence-corrected chi connectivity index (χ3v) is 5.97. The van der Waals surface area contributed by atoms with Crippen molar-refractivity contribution in [3.8, 4) is 0 Å². The van der Waals surface area contributed by atoms with Crippen LogP contribution in [-0.2, 0) is 15.3 Å². The van der Waals surface area contributed by atoms with Crippen LogP contribution in [0.15, 0.2) is 60.7 Å². The first-order valence-corrected chi connectivity index (χ1v) is 11.5. The van der Waals surface area contributed by atoms with Crippen molar-refractivity contribution in [2.24, 2.45) is 0 Å². The first kappa shape index (κ1) is 28.2. The standard InChI is InChI=1S/C23H18ClN5O4.C2HF3O2/c1-33-22(31)28-21-26-18-7-6-12(8-19(18)27-21)23(32)17-5-3-2-4-16(17)20(30)29(23)15-10-13(24)9-14(25)11-15;3-2(4,5)1(6)7/h2-11,32H,25H2,1H3,(H2,26,27,28,31);(H,6,7). The Balaban J connectivity index is 0.000000470. The molecule has 4 aromatic rings.